The number of benzene rings is 1. The number of hydrogen-bond acceptors (Lipinski definition) is 5. The van der Waals surface area contributed by atoms with E-state index in [1.165, 1.54) is 0 Å². The van der Waals surface area contributed by atoms with Crippen LogP contribution in [0.1, 0.15) is 20.3 Å². The van der Waals surface area contributed by atoms with Crippen molar-refractivity contribution in [2.24, 2.45) is 0 Å². The lowest BCUT2D eigenvalue weighted by molar-refractivity contribution is -0.118. The van der Waals surface area contributed by atoms with Gasteiger partial charge in [0.25, 0.3) is 5.91 Å². The maximum Gasteiger partial charge on any atom is 0.263 e. The van der Waals surface area contributed by atoms with Gasteiger partial charge in [-0.3, -0.25) is 4.79 Å². The van der Waals surface area contributed by atoms with Gasteiger partial charge in [-0.2, -0.15) is 0 Å². The zero-order valence-electron chi connectivity index (χ0n) is 14.2. The summed E-state index contributed by atoms with van der Waals surface area (Å²) in [6, 6.07) is 11.2. The third-order valence-corrected chi connectivity index (χ3v) is 3.48. The number of aromatic nitrogens is 1. The molecule has 0 saturated carbocycles. The number of nitrogens with zero attached hydrogens (tertiary/aromatic N) is 1. The van der Waals surface area contributed by atoms with E-state index in [0.29, 0.717) is 23.4 Å². The van der Waals surface area contributed by atoms with Gasteiger partial charge in [0, 0.05) is 6.04 Å². The average Bonchev–Trinajstić information content (AvgIpc) is 2.61. The first kappa shape index (κ1) is 17.6. The highest BCUT2D eigenvalue weighted by molar-refractivity contribution is 5.91. The summed E-state index contributed by atoms with van der Waals surface area (Å²) < 4.78 is 10.6. The quantitative estimate of drug-likeness (QED) is 0.777. The van der Waals surface area contributed by atoms with Crippen LogP contribution in [0.25, 0.3) is 0 Å². The van der Waals surface area contributed by atoms with Crippen molar-refractivity contribution in [3.63, 3.8) is 0 Å². The number of anilines is 2. The van der Waals surface area contributed by atoms with Gasteiger partial charge in [0.05, 0.1) is 19.0 Å². The number of hydrogen-bond donors (Lipinski definition) is 2. The average molecular weight is 329 g/mol. The Labute approximate surface area is 142 Å². The van der Waals surface area contributed by atoms with Gasteiger partial charge in [-0.05, 0) is 37.6 Å². The van der Waals surface area contributed by atoms with Crippen molar-refractivity contribution in [3.8, 4) is 11.5 Å². The van der Waals surface area contributed by atoms with Crippen LogP contribution in [0, 0.1) is 0 Å². The van der Waals surface area contributed by atoms with E-state index in [1.807, 2.05) is 18.2 Å². The molecule has 1 aromatic carbocycles. The Hall–Kier alpha value is -2.76. The standard InChI is InChI=1S/C18H23N3O3/c1-4-13(2)20-14-9-10-17(19-11-14)21-18(22)12-24-16-8-6-5-7-15(16)23-3/h5-11,13,20H,4,12H2,1-3H3,(H,19,21,22). The Kier molecular flexibility index (Phi) is 6.42. The highest BCUT2D eigenvalue weighted by Gasteiger charge is 2.08. The molecule has 1 unspecified atom stereocenters. The topological polar surface area (TPSA) is 72.5 Å². The van der Waals surface area contributed by atoms with E-state index in [4.69, 9.17) is 9.47 Å². The highest BCUT2D eigenvalue weighted by Crippen LogP contribution is 2.25. The first-order chi connectivity index (χ1) is 11.6. The van der Waals surface area contributed by atoms with E-state index in [-0.39, 0.29) is 12.5 Å². The number of carbonyl (C=O) groups excluding carboxylic acids is 1. The van der Waals surface area contributed by atoms with Crippen molar-refractivity contribution in [3.05, 3.63) is 42.6 Å². The van der Waals surface area contributed by atoms with Gasteiger partial charge in [0.15, 0.2) is 18.1 Å². The van der Waals surface area contributed by atoms with E-state index in [0.717, 1.165) is 12.1 Å². The van der Waals surface area contributed by atoms with Gasteiger partial charge in [-0.15, -0.1) is 0 Å². The minimum Gasteiger partial charge on any atom is -0.493 e. The van der Waals surface area contributed by atoms with E-state index < -0.39 is 0 Å². The fourth-order valence-corrected chi connectivity index (χ4v) is 2.00. The maximum absolute atomic E-state index is 12.0. The molecule has 0 aliphatic carbocycles. The molecule has 0 aliphatic heterocycles. The van der Waals surface area contributed by atoms with Crippen LogP contribution in [-0.2, 0) is 4.79 Å². The van der Waals surface area contributed by atoms with Crippen LogP contribution >= 0.6 is 0 Å². The molecule has 2 rings (SSSR count). The second-order valence-corrected chi connectivity index (χ2v) is 5.37. The van der Waals surface area contributed by atoms with Crippen molar-refractivity contribution >= 4 is 17.4 Å². The molecule has 1 atom stereocenters. The van der Waals surface area contributed by atoms with Crippen LogP contribution < -0.4 is 20.1 Å². The third kappa shape index (κ3) is 5.15. The second-order valence-electron chi connectivity index (χ2n) is 5.37. The van der Waals surface area contributed by atoms with Gasteiger partial charge in [-0.1, -0.05) is 19.1 Å². The summed E-state index contributed by atoms with van der Waals surface area (Å²) in [5.41, 5.74) is 0.924. The van der Waals surface area contributed by atoms with E-state index in [9.17, 15) is 4.79 Å². The number of amides is 1. The lowest BCUT2D eigenvalue weighted by Crippen LogP contribution is -2.21. The third-order valence-electron chi connectivity index (χ3n) is 3.48. The molecule has 1 amide bonds. The van der Waals surface area contributed by atoms with Gasteiger partial charge in [0.1, 0.15) is 5.82 Å². The summed E-state index contributed by atoms with van der Waals surface area (Å²) in [4.78, 5) is 16.2. The molecule has 0 spiro atoms. The first-order valence-corrected chi connectivity index (χ1v) is 7.90. The molecular formula is C18H23N3O3. The minimum absolute atomic E-state index is 0.116. The maximum atomic E-state index is 12.0. The van der Waals surface area contributed by atoms with Crippen molar-refractivity contribution in [2.75, 3.05) is 24.4 Å². The van der Waals surface area contributed by atoms with E-state index in [2.05, 4.69) is 29.5 Å². The monoisotopic (exact) mass is 329 g/mol. The van der Waals surface area contributed by atoms with Gasteiger partial charge < -0.3 is 20.1 Å². The van der Waals surface area contributed by atoms with Crippen LogP contribution in [0.5, 0.6) is 11.5 Å². The molecule has 1 aromatic heterocycles. The lowest BCUT2D eigenvalue weighted by Gasteiger charge is -2.13. The summed E-state index contributed by atoms with van der Waals surface area (Å²) in [7, 11) is 1.56. The fraction of sp³-hybridized carbons (Fsp3) is 0.333. The summed E-state index contributed by atoms with van der Waals surface area (Å²) in [6.07, 6.45) is 2.72. The zero-order valence-corrected chi connectivity index (χ0v) is 14.2. The Balaban J connectivity index is 1.86. The molecule has 1 heterocycles. The SMILES string of the molecule is CCC(C)Nc1ccc(NC(=O)COc2ccccc2OC)nc1. The molecule has 0 fully saturated rings. The predicted octanol–water partition coefficient (Wildman–Crippen LogP) is 3.32. The molecule has 2 N–H and O–H groups in total. The molecule has 6 heteroatoms. The molecule has 0 bridgehead atoms. The number of pyridine rings is 1. The first-order valence-electron chi connectivity index (χ1n) is 7.90. The van der Waals surface area contributed by atoms with Crippen molar-refractivity contribution in [1.82, 2.24) is 4.98 Å². The van der Waals surface area contributed by atoms with Crippen LogP contribution in [0.15, 0.2) is 42.6 Å². The molecular weight excluding hydrogens is 306 g/mol. The molecule has 2 aromatic rings. The summed E-state index contributed by atoms with van der Waals surface area (Å²) >= 11 is 0. The molecule has 0 radical (unpaired) electrons. The van der Waals surface area contributed by atoms with Crippen LogP contribution in [0.4, 0.5) is 11.5 Å². The summed E-state index contributed by atoms with van der Waals surface area (Å²) in [5.74, 6) is 1.31. The summed E-state index contributed by atoms with van der Waals surface area (Å²) in [6.45, 7) is 4.10. The highest BCUT2D eigenvalue weighted by atomic mass is 16.5. The molecule has 0 saturated heterocycles. The summed E-state index contributed by atoms with van der Waals surface area (Å²) in [5, 5.41) is 6.02. The van der Waals surface area contributed by atoms with Crippen LogP contribution in [0.3, 0.4) is 0 Å². The second kappa shape index (κ2) is 8.76. The number of carbonyl (C=O) groups is 1. The van der Waals surface area contributed by atoms with Crippen molar-refractivity contribution < 1.29 is 14.3 Å². The Morgan fingerprint density at radius 3 is 2.58 bits per heavy atom. The predicted molar refractivity (Wildman–Crippen MR) is 94.7 cm³/mol. The number of rotatable bonds is 8. The molecule has 6 nitrogen and oxygen atoms in total. The van der Waals surface area contributed by atoms with Crippen LogP contribution in [-0.4, -0.2) is 30.6 Å². The van der Waals surface area contributed by atoms with Crippen molar-refractivity contribution in [2.45, 2.75) is 26.3 Å². The smallest absolute Gasteiger partial charge is 0.263 e. The van der Waals surface area contributed by atoms with Crippen LogP contribution in [0.2, 0.25) is 0 Å². The van der Waals surface area contributed by atoms with Gasteiger partial charge in [-0.25, -0.2) is 4.98 Å². The van der Waals surface area contributed by atoms with Gasteiger partial charge in [0.2, 0.25) is 0 Å². The number of ether oxygens (including phenoxy) is 2. The normalized spacial score (nSPS) is 11.5. The zero-order chi connectivity index (χ0) is 17.4. The molecule has 0 aliphatic rings. The largest absolute Gasteiger partial charge is 0.493 e. The Morgan fingerprint density at radius 1 is 1.21 bits per heavy atom. The minimum atomic E-state index is -0.281. The Morgan fingerprint density at radius 2 is 1.96 bits per heavy atom. The van der Waals surface area contributed by atoms with E-state index in [1.54, 1.807) is 31.5 Å². The number of nitrogens with one attached hydrogen (secondary N) is 2. The fourth-order valence-electron chi connectivity index (χ4n) is 2.00. The lowest BCUT2D eigenvalue weighted by atomic mass is 10.2. The van der Waals surface area contributed by atoms with Crippen molar-refractivity contribution in [1.29, 1.82) is 0 Å². The number of methoxy groups -OCH3 is 1. The van der Waals surface area contributed by atoms with Gasteiger partial charge >= 0.3 is 0 Å². The molecule has 128 valence electrons. The van der Waals surface area contributed by atoms with E-state index >= 15 is 0 Å². The molecule has 24 heavy (non-hydrogen) atoms. The number of para-hydroxylation sites is 2. The Bertz CT molecular complexity index is 659.